The molecule has 2 rings (SSSR count). The number of halogens is 1. The van der Waals surface area contributed by atoms with E-state index >= 15 is 0 Å². The topological polar surface area (TPSA) is 96.4 Å². The summed E-state index contributed by atoms with van der Waals surface area (Å²) in [5.41, 5.74) is 0. The third kappa shape index (κ3) is 5.80. The number of nitrogens with zero attached hydrogens (tertiary/aromatic N) is 2. The summed E-state index contributed by atoms with van der Waals surface area (Å²) >= 11 is 1.29. The minimum Gasteiger partial charge on any atom is -0.491 e. The smallest absolute Gasteiger partial charge is 0.321 e. The summed E-state index contributed by atoms with van der Waals surface area (Å²) in [7, 11) is 0. The molecule has 0 aliphatic rings. The molecule has 0 radical (unpaired) electrons. The number of carbonyl (C=O) groups excluding carboxylic acids is 1. The molecule has 23 heavy (non-hydrogen) atoms. The van der Waals surface area contributed by atoms with Crippen molar-refractivity contribution >= 4 is 22.5 Å². The number of urea groups is 1. The maximum absolute atomic E-state index is 13.0. The molecule has 9 heteroatoms. The number of ether oxygens (including phenoxy) is 1. The third-order valence-corrected chi connectivity index (χ3v) is 3.71. The van der Waals surface area contributed by atoms with Crippen LogP contribution in [0.1, 0.15) is 11.9 Å². The fourth-order valence-corrected chi connectivity index (χ4v) is 2.28. The molecule has 2 aromatic rings. The average molecular weight is 340 g/mol. The van der Waals surface area contributed by atoms with Crippen LogP contribution in [0.3, 0.4) is 0 Å². The Bertz CT molecular complexity index is 652. The van der Waals surface area contributed by atoms with Crippen LogP contribution in [0.25, 0.3) is 0 Å². The van der Waals surface area contributed by atoms with Crippen molar-refractivity contribution in [3.8, 4) is 5.75 Å². The van der Waals surface area contributed by atoms with Gasteiger partial charge in [-0.15, -0.1) is 10.2 Å². The molecule has 1 aromatic heterocycles. The highest BCUT2D eigenvalue weighted by molar-refractivity contribution is 7.15. The summed E-state index contributed by atoms with van der Waals surface area (Å²) in [5, 5.41) is 23.7. The lowest BCUT2D eigenvalue weighted by Gasteiger charge is -2.13. The van der Waals surface area contributed by atoms with E-state index in [0.717, 1.165) is 11.4 Å². The van der Waals surface area contributed by atoms with Crippen molar-refractivity contribution in [3.05, 3.63) is 35.1 Å². The fraction of sp³-hybridized carbons (Fsp3) is 0.357. The van der Waals surface area contributed by atoms with E-state index in [9.17, 15) is 14.3 Å². The van der Waals surface area contributed by atoms with Gasteiger partial charge < -0.3 is 15.2 Å². The SMILES string of the molecule is CCc1nnc(NC(=O)NC[C@H](O)COc2cccc(F)c2)s1. The quantitative estimate of drug-likeness (QED) is 0.714. The van der Waals surface area contributed by atoms with Gasteiger partial charge in [-0.1, -0.05) is 24.3 Å². The van der Waals surface area contributed by atoms with Crippen molar-refractivity contribution in [2.24, 2.45) is 0 Å². The zero-order chi connectivity index (χ0) is 16.7. The van der Waals surface area contributed by atoms with Crippen molar-refractivity contribution in [1.29, 1.82) is 0 Å². The second-order valence-corrected chi connectivity index (χ2v) is 5.67. The molecule has 3 N–H and O–H groups in total. The van der Waals surface area contributed by atoms with Gasteiger partial charge >= 0.3 is 6.03 Å². The first-order chi connectivity index (χ1) is 11.1. The van der Waals surface area contributed by atoms with Crippen molar-refractivity contribution in [1.82, 2.24) is 15.5 Å². The van der Waals surface area contributed by atoms with Gasteiger partial charge in [0.25, 0.3) is 0 Å². The number of carbonyl (C=O) groups is 1. The first-order valence-electron chi connectivity index (χ1n) is 7.00. The first-order valence-corrected chi connectivity index (χ1v) is 7.82. The van der Waals surface area contributed by atoms with E-state index in [1.807, 2.05) is 6.92 Å². The Hall–Kier alpha value is -2.26. The Balaban J connectivity index is 1.69. The standard InChI is InChI=1S/C14H17FN4O3S/c1-2-12-18-19-14(23-12)17-13(21)16-7-10(20)8-22-11-5-3-4-9(15)6-11/h3-6,10,20H,2,7-8H2,1H3,(H2,16,17,19,21)/t10-/m0/s1. The summed E-state index contributed by atoms with van der Waals surface area (Å²) in [4.78, 5) is 11.6. The zero-order valence-electron chi connectivity index (χ0n) is 12.5. The largest absolute Gasteiger partial charge is 0.491 e. The number of hydrogen-bond donors (Lipinski definition) is 3. The zero-order valence-corrected chi connectivity index (χ0v) is 13.3. The van der Waals surface area contributed by atoms with Crippen molar-refractivity contribution in [3.63, 3.8) is 0 Å². The van der Waals surface area contributed by atoms with Gasteiger partial charge in [0.2, 0.25) is 5.13 Å². The number of anilines is 1. The predicted molar refractivity (Wildman–Crippen MR) is 84.2 cm³/mol. The molecule has 1 heterocycles. The van der Waals surface area contributed by atoms with Crippen LogP contribution in [0, 0.1) is 5.82 Å². The molecule has 1 atom stereocenters. The van der Waals surface area contributed by atoms with E-state index < -0.39 is 18.0 Å². The minimum atomic E-state index is -0.926. The van der Waals surface area contributed by atoms with E-state index in [-0.39, 0.29) is 13.2 Å². The second kappa shape index (κ2) is 8.39. The van der Waals surface area contributed by atoms with Gasteiger partial charge in [-0.3, -0.25) is 5.32 Å². The molecule has 0 bridgehead atoms. The second-order valence-electron chi connectivity index (χ2n) is 4.61. The van der Waals surface area contributed by atoms with Crippen molar-refractivity contribution in [2.45, 2.75) is 19.4 Å². The molecule has 0 aliphatic heterocycles. The average Bonchev–Trinajstić information content (AvgIpc) is 2.98. The number of rotatable bonds is 7. The molecular formula is C14H17FN4O3S. The number of amides is 2. The van der Waals surface area contributed by atoms with Crippen LogP contribution in [0.4, 0.5) is 14.3 Å². The van der Waals surface area contributed by atoms with Crippen LogP contribution in [0.15, 0.2) is 24.3 Å². The van der Waals surface area contributed by atoms with E-state index in [1.165, 1.54) is 29.5 Å². The van der Waals surface area contributed by atoms with Gasteiger partial charge in [-0.05, 0) is 18.6 Å². The predicted octanol–water partition coefficient (Wildman–Crippen LogP) is 1.80. The summed E-state index contributed by atoms with van der Waals surface area (Å²) in [6.45, 7) is 1.86. The van der Waals surface area contributed by atoms with Crippen molar-refractivity contribution in [2.75, 3.05) is 18.5 Å². The van der Waals surface area contributed by atoms with Gasteiger partial charge in [0, 0.05) is 12.6 Å². The molecule has 0 aliphatic carbocycles. The van der Waals surface area contributed by atoms with E-state index in [0.29, 0.717) is 10.9 Å². The first kappa shape index (κ1) is 17.1. The van der Waals surface area contributed by atoms with Gasteiger partial charge in [-0.2, -0.15) is 0 Å². The molecule has 0 saturated heterocycles. The molecule has 124 valence electrons. The lowest BCUT2D eigenvalue weighted by molar-refractivity contribution is 0.108. The maximum Gasteiger partial charge on any atom is 0.321 e. The summed E-state index contributed by atoms with van der Waals surface area (Å²) in [6.07, 6.45) is -0.179. The van der Waals surface area contributed by atoms with E-state index in [2.05, 4.69) is 20.8 Å². The Kier molecular flexibility index (Phi) is 6.24. The summed E-state index contributed by atoms with van der Waals surface area (Å²) in [5.74, 6) is -0.104. The Labute approximate surface area is 136 Å². The molecule has 0 unspecified atom stereocenters. The lowest BCUT2D eigenvalue weighted by Crippen LogP contribution is -2.37. The number of aryl methyl sites for hydroxylation is 1. The molecular weight excluding hydrogens is 323 g/mol. The Morgan fingerprint density at radius 3 is 3.00 bits per heavy atom. The highest BCUT2D eigenvalue weighted by atomic mass is 32.1. The van der Waals surface area contributed by atoms with E-state index in [4.69, 9.17) is 4.74 Å². The monoisotopic (exact) mass is 340 g/mol. The normalized spacial score (nSPS) is 11.8. The maximum atomic E-state index is 13.0. The minimum absolute atomic E-state index is 0.0133. The van der Waals surface area contributed by atoms with Gasteiger partial charge in [0.1, 0.15) is 29.3 Å². The number of aliphatic hydroxyl groups excluding tert-OH is 1. The number of benzene rings is 1. The molecule has 0 saturated carbocycles. The van der Waals surface area contributed by atoms with Gasteiger partial charge in [0.05, 0.1) is 0 Å². The summed E-state index contributed by atoms with van der Waals surface area (Å²) in [6, 6.07) is 5.11. The van der Waals surface area contributed by atoms with Crippen LogP contribution in [0.5, 0.6) is 5.75 Å². The number of aliphatic hydroxyl groups is 1. The van der Waals surface area contributed by atoms with Crippen molar-refractivity contribution < 1.29 is 19.0 Å². The van der Waals surface area contributed by atoms with Crippen LogP contribution < -0.4 is 15.4 Å². The molecule has 0 fully saturated rings. The van der Waals surface area contributed by atoms with Gasteiger partial charge in [0.15, 0.2) is 0 Å². The fourth-order valence-electron chi connectivity index (χ4n) is 1.61. The highest BCUT2D eigenvalue weighted by Gasteiger charge is 2.10. The number of nitrogens with one attached hydrogen (secondary N) is 2. The number of aromatic nitrogens is 2. The van der Waals surface area contributed by atoms with Crippen LogP contribution in [-0.2, 0) is 6.42 Å². The third-order valence-electron chi connectivity index (χ3n) is 2.73. The van der Waals surface area contributed by atoms with Gasteiger partial charge in [-0.25, -0.2) is 9.18 Å². The molecule has 0 spiro atoms. The lowest BCUT2D eigenvalue weighted by atomic mass is 10.3. The Morgan fingerprint density at radius 2 is 2.30 bits per heavy atom. The highest BCUT2D eigenvalue weighted by Crippen LogP contribution is 2.15. The molecule has 1 aromatic carbocycles. The Morgan fingerprint density at radius 1 is 1.48 bits per heavy atom. The van der Waals surface area contributed by atoms with Crippen LogP contribution in [0.2, 0.25) is 0 Å². The van der Waals surface area contributed by atoms with Crippen LogP contribution in [-0.4, -0.2) is 40.6 Å². The molecule has 7 nitrogen and oxygen atoms in total. The molecule has 2 amide bonds. The van der Waals surface area contributed by atoms with E-state index in [1.54, 1.807) is 6.07 Å². The van der Waals surface area contributed by atoms with Crippen LogP contribution >= 0.6 is 11.3 Å². The number of hydrogen-bond acceptors (Lipinski definition) is 6. The summed E-state index contributed by atoms with van der Waals surface area (Å²) < 4.78 is 18.2.